The van der Waals surface area contributed by atoms with Gasteiger partial charge in [0.1, 0.15) is 0 Å². The number of carbonyl (C=O) groups is 1. The van der Waals surface area contributed by atoms with Crippen molar-refractivity contribution in [1.29, 1.82) is 0 Å². The molecule has 1 aliphatic carbocycles. The summed E-state index contributed by atoms with van der Waals surface area (Å²) in [5.74, 6) is 0.689. The Labute approximate surface area is 117 Å². The molecule has 19 heavy (non-hydrogen) atoms. The summed E-state index contributed by atoms with van der Waals surface area (Å²) < 4.78 is 10.9. The molecule has 0 spiro atoms. The quantitative estimate of drug-likeness (QED) is 0.565. The van der Waals surface area contributed by atoms with Crippen molar-refractivity contribution in [2.45, 2.75) is 72.0 Å². The molecule has 1 saturated heterocycles. The van der Waals surface area contributed by atoms with Crippen molar-refractivity contribution >= 4 is 5.97 Å². The molecule has 0 aromatic carbocycles. The van der Waals surface area contributed by atoms with Crippen LogP contribution >= 0.6 is 0 Å². The lowest BCUT2D eigenvalue weighted by molar-refractivity contribution is -0.149. The minimum absolute atomic E-state index is 0.00286. The maximum Gasteiger partial charge on any atom is 0.309 e. The number of esters is 1. The first-order chi connectivity index (χ1) is 8.85. The van der Waals surface area contributed by atoms with Gasteiger partial charge in [-0.25, -0.2) is 0 Å². The highest BCUT2D eigenvalue weighted by atomic mass is 16.6. The number of epoxide rings is 1. The van der Waals surface area contributed by atoms with E-state index in [1.54, 1.807) is 0 Å². The second-order valence-electron chi connectivity index (χ2n) is 7.55. The Morgan fingerprint density at radius 3 is 2.68 bits per heavy atom. The van der Waals surface area contributed by atoms with Crippen LogP contribution in [0.3, 0.4) is 0 Å². The maximum atomic E-state index is 12.0. The van der Waals surface area contributed by atoms with Crippen LogP contribution in [0.4, 0.5) is 0 Å². The predicted octanol–water partition coefficient (Wildman–Crippen LogP) is 3.56. The molecule has 1 heterocycles. The van der Waals surface area contributed by atoms with Crippen LogP contribution in [0.25, 0.3) is 0 Å². The van der Waals surface area contributed by atoms with Gasteiger partial charge in [0, 0.05) is 0 Å². The summed E-state index contributed by atoms with van der Waals surface area (Å²) in [6, 6.07) is 0. The van der Waals surface area contributed by atoms with E-state index in [1.165, 1.54) is 6.42 Å². The zero-order valence-electron chi connectivity index (χ0n) is 12.8. The first-order valence-electron chi connectivity index (χ1n) is 7.67. The monoisotopic (exact) mass is 268 g/mol. The molecule has 0 N–H and O–H groups in total. The number of rotatable bonds is 5. The summed E-state index contributed by atoms with van der Waals surface area (Å²) in [5, 5.41) is 0. The van der Waals surface area contributed by atoms with Gasteiger partial charge in [0.15, 0.2) is 0 Å². The first kappa shape index (κ1) is 14.8. The standard InChI is InChI=1S/C16H28O3/c1-11(10-16(2,3)4)7-8-18-15(17)12-5-6-13-14(9-12)19-13/h11-14H,5-10H2,1-4H3. The van der Waals surface area contributed by atoms with Crippen LogP contribution in [0, 0.1) is 17.3 Å². The van der Waals surface area contributed by atoms with Gasteiger partial charge in [-0.15, -0.1) is 0 Å². The van der Waals surface area contributed by atoms with E-state index >= 15 is 0 Å². The highest BCUT2D eigenvalue weighted by Gasteiger charge is 2.46. The zero-order valence-corrected chi connectivity index (χ0v) is 12.8. The highest BCUT2D eigenvalue weighted by molar-refractivity contribution is 5.72. The Morgan fingerprint density at radius 1 is 1.32 bits per heavy atom. The summed E-state index contributed by atoms with van der Waals surface area (Å²) in [7, 11) is 0. The van der Waals surface area contributed by atoms with Gasteiger partial charge in [-0.05, 0) is 43.4 Å². The van der Waals surface area contributed by atoms with E-state index in [-0.39, 0.29) is 11.9 Å². The second kappa shape index (κ2) is 5.82. The Hall–Kier alpha value is -0.570. The minimum atomic E-state index is -0.00286. The number of hydrogen-bond donors (Lipinski definition) is 0. The number of ether oxygens (including phenoxy) is 2. The van der Waals surface area contributed by atoms with E-state index in [0.29, 0.717) is 30.1 Å². The second-order valence-corrected chi connectivity index (χ2v) is 7.55. The lowest BCUT2D eigenvalue weighted by Crippen LogP contribution is -2.24. The molecule has 0 radical (unpaired) electrons. The molecule has 1 saturated carbocycles. The van der Waals surface area contributed by atoms with Crippen molar-refractivity contribution in [3.05, 3.63) is 0 Å². The third-order valence-corrected chi connectivity index (χ3v) is 4.15. The largest absolute Gasteiger partial charge is 0.465 e. The molecule has 4 atom stereocenters. The third-order valence-electron chi connectivity index (χ3n) is 4.15. The molecule has 2 aliphatic rings. The summed E-state index contributed by atoms with van der Waals surface area (Å²) >= 11 is 0. The number of hydrogen-bond acceptors (Lipinski definition) is 3. The SMILES string of the molecule is CC(CCOC(=O)C1CCC2OC2C1)CC(C)(C)C. The van der Waals surface area contributed by atoms with Crippen LogP contribution in [0.1, 0.15) is 59.8 Å². The number of carbonyl (C=O) groups excluding carboxylic acids is 1. The van der Waals surface area contributed by atoms with Crippen molar-refractivity contribution in [2.75, 3.05) is 6.61 Å². The molecule has 0 aromatic rings. The summed E-state index contributed by atoms with van der Waals surface area (Å²) in [6.45, 7) is 9.57. The molecule has 2 rings (SSSR count). The smallest absolute Gasteiger partial charge is 0.309 e. The van der Waals surface area contributed by atoms with Crippen LogP contribution in [0.15, 0.2) is 0 Å². The average Bonchev–Trinajstić information content (AvgIpc) is 3.03. The van der Waals surface area contributed by atoms with Crippen LogP contribution in [-0.4, -0.2) is 24.8 Å². The van der Waals surface area contributed by atoms with E-state index in [4.69, 9.17) is 9.47 Å². The lowest BCUT2D eigenvalue weighted by atomic mass is 9.84. The van der Waals surface area contributed by atoms with Gasteiger partial charge in [-0.1, -0.05) is 27.7 Å². The average molecular weight is 268 g/mol. The molecule has 3 nitrogen and oxygen atoms in total. The zero-order chi connectivity index (χ0) is 14.0. The highest BCUT2D eigenvalue weighted by Crippen LogP contribution is 2.39. The van der Waals surface area contributed by atoms with Crippen molar-refractivity contribution in [3.63, 3.8) is 0 Å². The maximum absolute atomic E-state index is 12.0. The Balaban J connectivity index is 1.61. The van der Waals surface area contributed by atoms with Crippen LogP contribution in [0.2, 0.25) is 0 Å². The van der Waals surface area contributed by atoms with Crippen LogP contribution in [0.5, 0.6) is 0 Å². The van der Waals surface area contributed by atoms with Crippen molar-refractivity contribution < 1.29 is 14.3 Å². The molecule has 0 bridgehead atoms. The molecule has 0 aromatic heterocycles. The van der Waals surface area contributed by atoms with Crippen molar-refractivity contribution in [2.24, 2.45) is 17.3 Å². The predicted molar refractivity (Wildman–Crippen MR) is 74.8 cm³/mol. The van der Waals surface area contributed by atoms with Crippen molar-refractivity contribution in [3.8, 4) is 0 Å². The van der Waals surface area contributed by atoms with Gasteiger partial charge in [0.05, 0.1) is 24.7 Å². The van der Waals surface area contributed by atoms with Gasteiger partial charge in [0.2, 0.25) is 0 Å². The van der Waals surface area contributed by atoms with Gasteiger partial charge >= 0.3 is 5.97 Å². The summed E-state index contributed by atoms with van der Waals surface area (Å²) in [5.41, 5.74) is 0.352. The van der Waals surface area contributed by atoms with Crippen LogP contribution < -0.4 is 0 Å². The summed E-state index contributed by atoms with van der Waals surface area (Å²) in [6.07, 6.45) is 5.80. The first-order valence-corrected chi connectivity index (χ1v) is 7.67. The van der Waals surface area contributed by atoms with E-state index < -0.39 is 0 Å². The molecular formula is C16H28O3. The molecule has 4 unspecified atom stereocenters. The van der Waals surface area contributed by atoms with Gasteiger partial charge in [0.25, 0.3) is 0 Å². The molecule has 3 heteroatoms. The van der Waals surface area contributed by atoms with E-state index in [9.17, 15) is 4.79 Å². The van der Waals surface area contributed by atoms with E-state index in [2.05, 4.69) is 27.7 Å². The fourth-order valence-electron chi connectivity index (χ4n) is 3.24. The fraction of sp³-hybridized carbons (Fsp3) is 0.938. The Morgan fingerprint density at radius 2 is 2.05 bits per heavy atom. The Bertz CT molecular complexity index is 318. The van der Waals surface area contributed by atoms with E-state index in [0.717, 1.165) is 25.7 Å². The topological polar surface area (TPSA) is 38.8 Å². The normalized spacial score (nSPS) is 31.5. The summed E-state index contributed by atoms with van der Waals surface area (Å²) in [4.78, 5) is 12.0. The molecule has 0 amide bonds. The Kier molecular flexibility index (Phi) is 4.54. The van der Waals surface area contributed by atoms with Gasteiger partial charge in [-0.2, -0.15) is 0 Å². The molecular weight excluding hydrogens is 240 g/mol. The fourth-order valence-corrected chi connectivity index (χ4v) is 3.24. The molecule has 2 fully saturated rings. The number of fused-ring (bicyclic) bond motifs is 1. The van der Waals surface area contributed by atoms with Crippen molar-refractivity contribution in [1.82, 2.24) is 0 Å². The molecule has 110 valence electrons. The lowest BCUT2D eigenvalue weighted by Gasteiger charge is -2.23. The van der Waals surface area contributed by atoms with Gasteiger partial charge in [-0.3, -0.25) is 4.79 Å². The van der Waals surface area contributed by atoms with Gasteiger partial charge < -0.3 is 9.47 Å². The molecule has 1 aliphatic heterocycles. The van der Waals surface area contributed by atoms with E-state index in [1.807, 2.05) is 0 Å². The minimum Gasteiger partial charge on any atom is -0.465 e. The van der Waals surface area contributed by atoms with Crippen LogP contribution in [-0.2, 0) is 14.3 Å². The third kappa shape index (κ3) is 4.79.